The predicted molar refractivity (Wildman–Crippen MR) is 149 cm³/mol. The van der Waals surface area contributed by atoms with E-state index < -0.39 is 0 Å². The van der Waals surface area contributed by atoms with Crippen LogP contribution in [0.2, 0.25) is 0 Å². The van der Waals surface area contributed by atoms with Gasteiger partial charge in [-0.3, -0.25) is 10.1 Å². The molecule has 4 aromatic rings. The number of carbonyl (C=O) groups excluding carboxylic acids is 1. The third-order valence-electron chi connectivity index (χ3n) is 6.15. The molecule has 0 unspecified atom stereocenters. The van der Waals surface area contributed by atoms with Crippen LogP contribution >= 0.6 is 12.2 Å². The molecule has 7 heteroatoms. The van der Waals surface area contributed by atoms with Crippen molar-refractivity contribution in [3.8, 4) is 17.2 Å². The lowest BCUT2D eigenvalue weighted by Gasteiger charge is -2.11. The summed E-state index contributed by atoms with van der Waals surface area (Å²) in [6.07, 6.45) is 1.08. The minimum atomic E-state index is -0.333. The molecule has 0 bridgehead atoms. The van der Waals surface area contributed by atoms with Crippen molar-refractivity contribution in [2.45, 2.75) is 46.0 Å². The van der Waals surface area contributed by atoms with Crippen LogP contribution in [0, 0.1) is 0 Å². The van der Waals surface area contributed by atoms with Gasteiger partial charge in [-0.05, 0) is 90.1 Å². The van der Waals surface area contributed by atoms with Gasteiger partial charge in [0.2, 0.25) is 5.89 Å². The summed E-state index contributed by atoms with van der Waals surface area (Å²) in [5.41, 5.74) is 5.69. The Kier molecular flexibility index (Phi) is 8.00. The Morgan fingerprint density at radius 3 is 2.36 bits per heavy atom. The van der Waals surface area contributed by atoms with Gasteiger partial charge in [0.1, 0.15) is 11.3 Å². The Hall–Kier alpha value is -3.71. The summed E-state index contributed by atoms with van der Waals surface area (Å²) in [7, 11) is 0. The van der Waals surface area contributed by atoms with Crippen molar-refractivity contribution >= 4 is 40.0 Å². The topological polar surface area (TPSA) is 76.4 Å². The number of hydrogen-bond donors (Lipinski definition) is 2. The van der Waals surface area contributed by atoms with Crippen LogP contribution < -0.4 is 15.4 Å². The standard InChI is InChI=1S/C29H31N3O3S/c1-5-19(4)22-10-15-26-25(16-22)31-28(35-26)21-6-11-23(12-7-21)30-29(36)32-27(33)17-34-24-13-8-20(9-14-24)18(2)3/h6-16,18-19H,5,17H2,1-4H3,(H2,30,32,33,36)/t19-/m1/s1. The maximum absolute atomic E-state index is 12.2. The summed E-state index contributed by atoms with van der Waals surface area (Å²) in [6, 6.07) is 21.4. The second-order valence-electron chi connectivity index (χ2n) is 9.15. The van der Waals surface area contributed by atoms with Crippen LogP contribution in [0.25, 0.3) is 22.6 Å². The van der Waals surface area contributed by atoms with Crippen molar-refractivity contribution in [1.29, 1.82) is 0 Å². The molecule has 186 valence electrons. The molecule has 1 amide bonds. The highest BCUT2D eigenvalue weighted by Crippen LogP contribution is 2.28. The zero-order chi connectivity index (χ0) is 25.7. The maximum Gasteiger partial charge on any atom is 0.264 e. The number of ether oxygens (including phenoxy) is 1. The average molecular weight is 502 g/mol. The first-order chi connectivity index (χ1) is 17.3. The van der Waals surface area contributed by atoms with Crippen molar-refractivity contribution in [3.63, 3.8) is 0 Å². The van der Waals surface area contributed by atoms with E-state index in [1.807, 2.05) is 54.6 Å². The first kappa shape index (κ1) is 25.4. The zero-order valence-electron chi connectivity index (χ0n) is 21.0. The Bertz CT molecular complexity index is 1340. The molecule has 2 N–H and O–H groups in total. The molecule has 0 aliphatic heterocycles. The predicted octanol–water partition coefficient (Wildman–Crippen LogP) is 7.02. The van der Waals surface area contributed by atoms with E-state index in [0.717, 1.165) is 28.8 Å². The maximum atomic E-state index is 12.2. The molecule has 0 spiro atoms. The van der Waals surface area contributed by atoms with E-state index in [0.29, 0.717) is 23.5 Å². The van der Waals surface area contributed by atoms with Gasteiger partial charge < -0.3 is 14.5 Å². The summed E-state index contributed by atoms with van der Waals surface area (Å²) in [5.74, 6) is 1.79. The van der Waals surface area contributed by atoms with Crippen molar-refractivity contribution in [3.05, 3.63) is 77.9 Å². The molecule has 3 aromatic carbocycles. The molecule has 0 radical (unpaired) electrons. The summed E-state index contributed by atoms with van der Waals surface area (Å²) >= 11 is 5.27. The van der Waals surface area contributed by atoms with E-state index in [-0.39, 0.29) is 17.6 Å². The molecule has 0 saturated heterocycles. The number of oxazole rings is 1. The van der Waals surface area contributed by atoms with Crippen LogP contribution in [0.1, 0.15) is 57.1 Å². The molecular formula is C29H31N3O3S. The monoisotopic (exact) mass is 501 g/mol. The Morgan fingerprint density at radius 1 is 1.00 bits per heavy atom. The largest absolute Gasteiger partial charge is 0.484 e. The number of rotatable bonds is 8. The van der Waals surface area contributed by atoms with E-state index >= 15 is 0 Å². The molecule has 4 rings (SSSR count). The summed E-state index contributed by atoms with van der Waals surface area (Å²) in [5, 5.41) is 5.85. The van der Waals surface area contributed by atoms with Gasteiger partial charge in [0, 0.05) is 11.3 Å². The molecule has 6 nitrogen and oxygen atoms in total. The number of nitrogens with zero attached hydrogens (tertiary/aromatic N) is 1. The first-order valence-electron chi connectivity index (χ1n) is 12.2. The molecule has 0 fully saturated rings. The van der Waals surface area contributed by atoms with Gasteiger partial charge in [-0.1, -0.05) is 45.9 Å². The summed E-state index contributed by atoms with van der Waals surface area (Å²) in [6.45, 7) is 8.51. The van der Waals surface area contributed by atoms with Gasteiger partial charge in [0.15, 0.2) is 17.3 Å². The SMILES string of the molecule is CC[C@@H](C)c1ccc2oc(-c3ccc(NC(=S)NC(=O)COc4ccc(C(C)C)cc4)cc3)nc2c1. The number of nitrogens with one attached hydrogen (secondary N) is 2. The highest BCUT2D eigenvalue weighted by atomic mass is 32.1. The number of fused-ring (bicyclic) bond motifs is 1. The lowest BCUT2D eigenvalue weighted by molar-refractivity contribution is -0.121. The van der Waals surface area contributed by atoms with Crippen molar-refractivity contribution in [2.75, 3.05) is 11.9 Å². The van der Waals surface area contributed by atoms with Gasteiger partial charge in [0.05, 0.1) is 0 Å². The van der Waals surface area contributed by atoms with Crippen LogP contribution in [0.3, 0.4) is 0 Å². The Morgan fingerprint density at radius 2 is 1.69 bits per heavy atom. The lowest BCUT2D eigenvalue weighted by atomic mass is 9.98. The van der Waals surface area contributed by atoms with Crippen molar-refractivity contribution in [1.82, 2.24) is 10.3 Å². The highest BCUT2D eigenvalue weighted by Gasteiger charge is 2.12. The smallest absolute Gasteiger partial charge is 0.264 e. The minimum absolute atomic E-state index is 0.127. The number of benzene rings is 3. The number of thiocarbonyl (C=S) groups is 1. The normalized spacial score (nSPS) is 11.9. The fourth-order valence-corrected chi connectivity index (χ4v) is 3.96. The van der Waals surface area contributed by atoms with Gasteiger partial charge in [-0.15, -0.1) is 0 Å². The third kappa shape index (κ3) is 6.29. The van der Waals surface area contributed by atoms with E-state index in [9.17, 15) is 4.79 Å². The van der Waals surface area contributed by atoms with Crippen LogP contribution in [0.4, 0.5) is 5.69 Å². The minimum Gasteiger partial charge on any atom is -0.484 e. The molecule has 0 aliphatic rings. The molecule has 36 heavy (non-hydrogen) atoms. The number of carbonyl (C=O) groups is 1. The molecular weight excluding hydrogens is 470 g/mol. The number of anilines is 1. The lowest BCUT2D eigenvalue weighted by Crippen LogP contribution is -2.37. The fourth-order valence-electron chi connectivity index (χ4n) is 3.73. The second kappa shape index (κ2) is 11.4. The second-order valence-corrected chi connectivity index (χ2v) is 9.56. The van der Waals surface area contributed by atoms with E-state index in [1.165, 1.54) is 11.1 Å². The third-order valence-corrected chi connectivity index (χ3v) is 6.36. The van der Waals surface area contributed by atoms with Gasteiger partial charge in [-0.25, -0.2) is 4.98 Å². The van der Waals surface area contributed by atoms with E-state index in [2.05, 4.69) is 55.4 Å². The van der Waals surface area contributed by atoms with Gasteiger partial charge >= 0.3 is 0 Å². The van der Waals surface area contributed by atoms with Crippen LogP contribution in [-0.4, -0.2) is 22.6 Å². The van der Waals surface area contributed by atoms with Gasteiger partial charge in [-0.2, -0.15) is 0 Å². The number of amides is 1. The number of hydrogen-bond acceptors (Lipinski definition) is 5. The summed E-state index contributed by atoms with van der Waals surface area (Å²) < 4.78 is 11.5. The average Bonchev–Trinajstić information content (AvgIpc) is 3.31. The number of aromatic nitrogens is 1. The van der Waals surface area contributed by atoms with Crippen LogP contribution in [-0.2, 0) is 4.79 Å². The quantitative estimate of drug-likeness (QED) is 0.253. The van der Waals surface area contributed by atoms with Gasteiger partial charge in [0.25, 0.3) is 5.91 Å². The molecule has 1 atom stereocenters. The molecule has 1 aromatic heterocycles. The van der Waals surface area contributed by atoms with Crippen LogP contribution in [0.5, 0.6) is 5.75 Å². The fraction of sp³-hybridized carbons (Fsp3) is 0.276. The van der Waals surface area contributed by atoms with E-state index in [1.54, 1.807) is 0 Å². The first-order valence-corrected chi connectivity index (χ1v) is 12.6. The zero-order valence-corrected chi connectivity index (χ0v) is 21.8. The highest BCUT2D eigenvalue weighted by molar-refractivity contribution is 7.80. The molecule has 0 saturated carbocycles. The van der Waals surface area contributed by atoms with Crippen LogP contribution in [0.15, 0.2) is 71.1 Å². The Labute approximate surface area is 217 Å². The van der Waals surface area contributed by atoms with Crippen molar-refractivity contribution in [2.24, 2.45) is 0 Å². The summed E-state index contributed by atoms with van der Waals surface area (Å²) in [4.78, 5) is 16.9. The van der Waals surface area contributed by atoms with Crippen molar-refractivity contribution < 1.29 is 13.9 Å². The Balaban J connectivity index is 1.31. The van der Waals surface area contributed by atoms with E-state index in [4.69, 9.17) is 21.4 Å². The molecule has 1 heterocycles. The molecule has 0 aliphatic carbocycles.